The van der Waals surface area contributed by atoms with Gasteiger partial charge in [0.25, 0.3) is 0 Å². The third-order valence-corrected chi connectivity index (χ3v) is 24.1. The number of phosphoric acid groups is 4. The molecule has 0 amide bonds. The first-order valence-electron chi connectivity index (χ1n) is 43.4. The van der Waals surface area contributed by atoms with Crippen LogP contribution < -0.4 is 52.5 Å². The van der Waals surface area contributed by atoms with Crippen molar-refractivity contribution in [1.29, 1.82) is 0 Å². The number of aromatic hydroxyl groups is 2. The number of anilines is 4. The fourth-order valence-electron chi connectivity index (χ4n) is 16.1. The van der Waals surface area contributed by atoms with Crippen LogP contribution in [0.15, 0.2) is 156 Å². The number of isocyanates is 2. The highest BCUT2D eigenvalue weighted by Crippen LogP contribution is 2.47. The van der Waals surface area contributed by atoms with Gasteiger partial charge in [-0.3, -0.25) is 39.1 Å². The predicted molar refractivity (Wildman–Crippen MR) is 517 cm³/mol. The molecule has 0 saturated carbocycles. The number of aliphatic imine (C=N–C) groups is 2. The minimum atomic E-state index is -4.96. The quantitative estimate of drug-likeness (QED) is 0.0101. The van der Waals surface area contributed by atoms with Crippen molar-refractivity contribution >= 4 is 154 Å². The van der Waals surface area contributed by atoms with Crippen molar-refractivity contribution in [2.45, 2.75) is 171 Å². The first kappa shape index (κ1) is 100. The van der Waals surface area contributed by atoms with Crippen LogP contribution >= 0.6 is 31.3 Å². The maximum absolute atomic E-state index is 11.6. The number of phenolic OH excluding ortho intramolecular Hbond substituents is 2. The Bertz CT molecular complexity index is 7520. The molecule has 136 heavy (non-hydrogen) atoms. The van der Waals surface area contributed by atoms with E-state index >= 15 is 0 Å². The summed E-state index contributed by atoms with van der Waals surface area (Å²) in [6, 6.07) is 41.2. The first-order valence-corrected chi connectivity index (χ1v) is 49.5. The number of unbranched alkanes of at least 4 members (excludes halogenated alkanes) is 4. The molecule has 0 atom stereocenters. The number of aromatic nitrogens is 12. The summed E-state index contributed by atoms with van der Waals surface area (Å²) in [7, 11) is -19.3. The Morgan fingerprint density at radius 1 is 0.353 bits per heavy atom. The number of pyridine rings is 4. The molecule has 0 saturated heterocycles. The van der Waals surface area contributed by atoms with E-state index in [4.69, 9.17) is 82.2 Å². The number of carbonyl (C=O) groups excluding carboxylic acids is 2. The highest BCUT2D eigenvalue weighted by Gasteiger charge is 2.29. The van der Waals surface area contributed by atoms with Gasteiger partial charge < -0.3 is 81.0 Å². The lowest BCUT2D eigenvalue weighted by molar-refractivity contribution is 0.277. The summed E-state index contributed by atoms with van der Waals surface area (Å²) in [5, 5.41) is 23.3. The Kier molecular flexibility index (Phi) is 31.7. The van der Waals surface area contributed by atoms with Crippen LogP contribution in [0.25, 0.3) is 87.7 Å². The van der Waals surface area contributed by atoms with E-state index in [1.165, 1.54) is 30.3 Å². The van der Waals surface area contributed by atoms with Gasteiger partial charge in [0.2, 0.25) is 12.2 Å². The van der Waals surface area contributed by atoms with E-state index in [-0.39, 0.29) is 77.9 Å². The predicted octanol–water partition coefficient (Wildman–Crippen LogP) is 14.7. The number of hydrogen-bond donors (Lipinski definition) is 16. The molecular weight excluding hydrogens is 1830 g/mol. The van der Waals surface area contributed by atoms with E-state index < -0.39 is 31.3 Å². The van der Waals surface area contributed by atoms with Crippen LogP contribution in [0.2, 0.25) is 0 Å². The number of rotatable bonds is 34. The molecule has 8 aromatic carbocycles. The van der Waals surface area contributed by atoms with Crippen molar-refractivity contribution in [3.63, 3.8) is 0 Å². The molecule has 8 heterocycles. The van der Waals surface area contributed by atoms with Gasteiger partial charge in [0, 0.05) is 84.5 Å². The van der Waals surface area contributed by atoms with Crippen LogP contribution in [0.5, 0.6) is 34.5 Å². The zero-order chi connectivity index (χ0) is 97.8. The fraction of sp³-hybridized carbons (Fsp3) is 0.283. The monoisotopic (exact) mass is 1930 g/mol. The molecule has 22 N–H and O–H groups in total. The summed E-state index contributed by atoms with van der Waals surface area (Å²) in [5.41, 5.74) is 52.4. The van der Waals surface area contributed by atoms with Crippen molar-refractivity contribution in [2.75, 3.05) is 22.9 Å². The zero-order valence-electron chi connectivity index (χ0n) is 75.1. The van der Waals surface area contributed by atoms with E-state index in [1.807, 2.05) is 114 Å². The van der Waals surface area contributed by atoms with Gasteiger partial charge in [0.1, 0.15) is 79.9 Å². The smallest absolute Gasteiger partial charge is 0.508 e. The van der Waals surface area contributed by atoms with Gasteiger partial charge >= 0.3 is 31.3 Å². The number of benzene rings is 8. The number of hydrogen-bond acceptors (Lipinski definition) is 28. The molecule has 0 spiro atoms. The average Bonchev–Trinajstić information content (AvgIpc) is 1.66. The Morgan fingerprint density at radius 2 is 0.662 bits per heavy atom. The van der Waals surface area contributed by atoms with Gasteiger partial charge in [-0.15, -0.1) is 0 Å². The minimum absolute atomic E-state index is 0.0267. The highest BCUT2D eigenvalue weighted by molar-refractivity contribution is 7.47. The van der Waals surface area contributed by atoms with Crippen LogP contribution in [-0.4, -0.2) is 120 Å². The third kappa shape index (κ3) is 24.3. The minimum Gasteiger partial charge on any atom is -0.508 e. The van der Waals surface area contributed by atoms with Crippen LogP contribution in [0, 0.1) is 13.8 Å². The van der Waals surface area contributed by atoms with E-state index in [0.29, 0.717) is 112 Å². The van der Waals surface area contributed by atoms with Gasteiger partial charge in [-0.05, 0) is 157 Å². The van der Waals surface area contributed by atoms with Crippen molar-refractivity contribution in [2.24, 2.45) is 21.5 Å². The van der Waals surface area contributed by atoms with Gasteiger partial charge in [0.05, 0.1) is 70.3 Å². The summed E-state index contributed by atoms with van der Waals surface area (Å²) in [6.45, 7) is 14.4. The molecular formula is C92H104N20O20P4. The maximum atomic E-state index is 11.6. The number of nitrogens with two attached hydrogens (primary N) is 6. The SMILES string of the molecule is CCCCc1nc2c(N)nc3cc(CN)ccc3c2n1Cc1cc(O)ccc1OP(=O)(O)O.CCCCc1nc2c(N)nc3cc(CN)ccc3c2n1Cc1cc(OP(=O)(O)O)ccc1OP(=O)(O)O.CCCCc1nc2c(N)nc3cc(CN=C=O)ccc3c2n1Cc1ccc(O)c(C)c1.CCCCc1nc2c(N)nc3cc(CN=C=O)ccc3c2n1Cc1ccc(OP(=O)(O)O)c(C)c1. The van der Waals surface area contributed by atoms with Gasteiger partial charge in [-0.2, -0.15) is 0 Å². The molecule has 0 aliphatic rings. The number of nitrogen functional groups attached to an aromatic ring is 4. The molecule has 0 fully saturated rings. The average molecular weight is 1930 g/mol. The molecule has 8 aromatic heterocycles. The van der Waals surface area contributed by atoms with Gasteiger partial charge in [-0.25, -0.2) is 77.7 Å². The summed E-state index contributed by atoms with van der Waals surface area (Å²) in [4.78, 5) is 140. The number of imidazole rings is 4. The van der Waals surface area contributed by atoms with E-state index in [1.54, 1.807) is 37.3 Å². The lowest BCUT2D eigenvalue weighted by Crippen LogP contribution is -2.08. The Hall–Kier alpha value is -13.4. The standard InChI is InChI=1S/C24H26N5O5P.C24H25N5O2.C22H27N5O8P2.C22H26N5O5P/c1-3-4-5-21-28-22-23(18-8-6-16(12-26-14-30)11-19(18)27-24(22)25)29(21)13-17-7-9-20(15(2)10-17)34-35(31,32)33;1-3-4-5-21-28-22-23(29(21)13-17-7-9-20(31)15(2)10-17)18-8-6-16(12-26-14-30)11-19(18)27-24(22)25;1-2-3-4-19-26-20-21(16-7-5-13(11-23)9-17(16)25-22(20)24)27(19)12-14-10-15(34-36(28,29)30)6-8-18(14)35-37(31,32)33;1-2-3-4-19-26-20-21(16-7-5-13(11-23)9-17(16)25-22(20)24)27(19)12-14-10-15(28)6-8-18(14)32-33(29,30)31/h6-11H,3-5,12-13H2,1-2H3,(H2,25,27)(H2,31,32,33);6-11,31H,3-5,12-13H2,1-2H3,(H2,25,27);5-10H,2-4,11-12,23H2,1H3,(H2,24,25)(H2,28,29,30)(H2,31,32,33);5-10,28H,2-4,11-12,23H2,1H3,(H2,24,25)(H2,29,30,31). The first-order chi connectivity index (χ1) is 64.8. The number of phosphoric ester groups is 4. The lowest BCUT2D eigenvalue weighted by atomic mass is 10.1. The molecule has 0 bridgehead atoms. The molecule has 40 nitrogen and oxygen atoms in total. The molecule has 16 aromatic rings. The topological polar surface area (TPSA) is 645 Å². The second-order valence-electron chi connectivity index (χ2n) is 32.4. The third-order valence-electron chi connectivity index (χ3n) is 22.3. The second-order valence-corrected chi connectivity index (χ2v) is 37.0. The molecule has 44 heteroatoms. The second kappa shape index (κ2) is 43.1. The van der Waals surface area contributed by atoms with E-state index in [9.17, 15) is 67.4 Å². The normalized spacial score (nSPS) is 11.8. The lowest BCUT2D eigenvalue weighted by Gasteiger charge is -2.17. The van der Waals surface area contributed by atoms with E-state index in [0.717, 1.165) is 170 Å². The zero-order valence-corrected chi connectivity index (χ0v) is 78.6. The highest BCUT2D eigenvalue weighted by atomic mass is 31.2. The fourth-order valence-corrected chi connectivity index (χ4v) is 17.8. The Balaban J connectivity index is 0.000000154. The summed E-state index contributed by atoms with van der Waals surface area (Å²) in [6.07, 6.45) is 13.5. The molecule has 0 radical (unpaired) electrons. The summed E-state index contributed by atoms with van der Waals surface area (Å²) in [5.74, 6) is 4.38. The molecule has 0 aliphatic carbocycles. The van der Waals surface area contributed by atoms with Crippen LogP contribution in [-0.2, 0) is 106 Å². The maximum Gasteiger partial charge on any atom is 0.524 e. The van der Waals surface area contributed by atoms with Crippen molar-refractivity contribution < 1.29 is 95.3 Å². The largest absolute Gasteiger partial charge is 0.524 e. The summed E-state index contributed by atoms with van der Waals surface area (Å²) < 4.78 is 73.1. The summed E-state index contributed by atoms with van der Waals surface area (Å²) >= 11 is 0. The molecule has 16 rings (SSSR count). The number of aryl methyl sites for hydroxylation is 6. The van der Waals surface area contributed by atoms with Crippen LogP contribution in [0.4, 0.5) is 23.3 Å². The molecule has 712 valence electrons. The van der Waals surface area contributed by atoms with Crippen LogP contribution in [0.3, 0.4) is 0 Å². The molecule has 0 unspecified atom stereocenters. The number of fused-ring (bicyclic) bond motifs is 12. The Labute approximate surface area is 778 Å². The van der Waals surface area contributed by atoms with Crippen LogP contribution in [0.1, 0.15) is 158 Å². The number of phenols is 2. The van der Waals surface area contributed by atoms with Crippen molar-refractivity contribution in [3.8, 4) is 34.5 Å². The molecule has 0 aliphatic heterocycles. The van der Waals surface area contributed by atoms with Crippen molar-refractivity contribution in [3.05, 3.63) is 225 Å². The number of nitrogens with zero attached hydrogens (tertiary/aromatic N) is 14. The van der Waals surface area contributed by atoms with Gasteiger partial charge in [0.15, 0.2) is 23.3 Å². The van der Waals surface area contributed by atoms with Gasteiger partial charge in [-0.1, -0.05) is 126 Å². The van der Waals surface area contributed by atoms with E-state index in [2.05, 4.69) is 59.8 Å². The van der Waals surface area contributed by atoms with Crippen molar-refractivity contribution in [1.82, 2.24) is 58.1 Å². The Morgan fingerprint density at radius 3 is 1.00 bits per heavy atom.